The first-order valence-electron chi connectivity index (χ1n) is 6.67. The maximum Gasteiger partial charge on any atom is 0.342 e. The predicted octanol–water partition coefficient (Wildman–Crippen LogP) is 3.06. The molecule has 0 saturated carbocycles. The maximum atomic E-state index is 14.1. The van der Waals surface area contributed by atoms with Crippen LogP contribution in [0.2, 0.25) is 0 Å². The van der Waals surface area contributed by atoms with E-state index < -0.39 is 28.0 Å². The molecule has 1 aromatic carbocycles. The van der Waals surface area contributed by atoms with Crippen LogP contribution in [0, 0.1) is 21.3 Å². The summed E-state index contributed by atoms with van der Waals surface area (Å²) < 4.78 is 14.1. The topological polar surface area (TPSA) is 83.7 Å². The number of aromatic carboxylic acids is 1. The molecule has 1 saturated heterocycles. The van der Waals surface area contributed by atoms with E-state index in [9.17, 15) is 19.3 Å². The zero-order valence-electron chi connectivity index (χ0n) is 11.9. The summed E-state index contributed by atoms with van der Waals surface area (Å²) in [4.78, 5) is 22.8. The van der Waals surface area contributed by atoms with E-state index in [2.05, 4.69) is 13.8 Å². The molecule has 1 heterocycles. The Morgan fingerprint density at radius 2 is 1.95 bits per heavy atom. The van der Waals surface area contributed by atoms with Gasteiger partial charge in [0.2, 0.25) is 0 Å². The Morgan fingerprint density at radius 3 is 2.43 bits per heavy atom. The van der Waals surface area contributed by atoms with Crippen LogP contribution in [0.3, 0.4) is 0 Å². The molecule has 0 unspecified atom stereocenters. The lowest BCUT2D eigenvalue weighted by atomic mass is 9.82. The molecule has 0 amide bonds. The minimum Gasteiger partial charge on any atom is -0.477 e. The Morgan fingerprint density at radius 1 is 1.38 bits per heavy atom. The largest absolute Gasteiger partial charge is 0.477 e. The van der Waals surface area contributed by atoms with E-state index in [4.69, 9.17) is 5.11 Å². The third kappa shape index (κ3) is 3.12. The van der Waals surface area contributed by atoms with E-state index in [0.717, 1.165) is 18.9 Å². The van der Waals surface area contributed by atoms with Crippen molar-refractivity contribution >= 4 is 17.3 Å². The molecule has 0 spiro atoms. The molecule has 21 heavy (non-hydrogen) atoms. The number of carboxylic acid groups (broad SMARTS) is 1. The molecule has 2 rings (SSSR count). The molecule has 1 aromatic rings. The Balaban J connectivity index is 2.39. The highest BCUT2D eigenvalue weighted by molar-refractivity contribution is 5.93. The number of benzene rings is 1. The molecule has 0 aromatic heterocycles. The second kappa shape index (κ2) is 5.31. The number of nitro benzene ring substituents is 1. The fourth-order valence-electron chi connectivity index (χ4n) is 2.47. The normalized spacial score (nSPS) is 17.6. The van der Waals surface area contributed by atoms with Gasteiger partial charge < -0.3 is 10.0 Å². The van der Waals surface area contributed by atoms with Gasteiger partial charge in [0.1, 0.15) is 5.56 Å². The molecule has 0 radical (unpaired) electrons. The number of nitrogens with zero attached hydrogens (tertiary/aromatic N) is 2. The van der Waals surface area contributed by atoms with Gasteiger partial charge in [0.25, 0.3) is 5.69 Å². The average molecular weight is 296 g/mol. The highest BCUT2D eigenvalue weighted by Crippen LogP contribution is 2.35. The minimum atomic E-state index is -1.43. The van der Waals surface area contributed by atoms with Crippen LogP contribution in [0.25, 0.3) is 0 Å². The van der Waals surface area contributed by atoms with Crippen molar-refractivity contribution in [3.63, 3.8) is 0 Å². The van der Waals surface area contributed by atoms with E-state index in [1.54, 1.807) is 4.90 Å². The predicted molar refractivity (Wildman–Crippen MR) is 75.2 cm³/mol. The van der Waals surface area contributed by atoms with Gasteiger partial charge in [0, 0.05) is 13.1 Å². The summed E-state index contributed by atoms with van der Waals surface area (Å²) in [6.45, 7) is 5.44. The lowest BCUT2D eigenvalue weighted by Gasteiger charge is -2.38. The summed E-state index contributed by atoms with van der Waals surface area (Å²) in [6.07, 6.45) is 1.71. The molecule has 1 N–H and O–H groups in total. The molecule has 114 valence electrons. The number of hydrogen-bond donors (Lipinski definition) is 1. The van der Waals surface area contributed by atoms with Crippen molar-refractivity contribution in [1.29, 1.82) is 0 Å². The van der Waals surface area contributed by atoms with Crippen molar-refractivity contribution in [2.24, 2.45) is 5.41 Å². The zero-order chi connectivity index (χ0) is 15.8. The van der Waals surface area contributed by atoms with Crippen molar-refractivity contribution in [1.82, 2.24) is 0 Å². The number of piperidine rings is 1. The lowest BCUT2D eigenvalue weighted by molar-refractivity contribution is -0.385. The van der Waals surface area contributed by atoms with E-state index >= 15 is 0 Å². The van der Waals surface area contributed by atoms with Gasteiger partial charge in [0.05, 0.1) is 16.7 Å². The first-order chi connectivity index (χ1) is 9.71. The Bertz CT molecular complexity index is 591. The summed E-state index contributed by atoms with van der Waals surface area (Å²) in [5, 5.41) is 19.9. The highest BCUT2D eigenvalue weighted by atomic mass is 19.1. The molecule has 6 nitrogen and oxygen atoms in total. The summed E-state index contributed by atoms with van der Waals surface area (Å²) in [6, 6.07) is 1.76. The molecule has 1 fully saturated rings. The Hall–Kier alpha value is -2.18. The zero-order valence-corrected chi connectivity index (χ0v) is 11.9. The molecule has 0 aliphatic carbocycles. The number of carbonyl (C=O) groups is 1. The van der Waals surface area contributed by atoms with Gasteiger partial charge in [-0.25, -0.2) is 9.18 Å². The molecule has 7 heteroatoms. The minimum absolute atomic E-state index is 0.119. The number of nitro groups is 1. The lowest BCUT2D eigenvalue weighted by Crippen LogP contribution is -2.37. The van der Waals surface area contributed by atoms with Crippen LogP contribution >= 0.6 is 0 Å². The Kier molecular flexibility index (Phi) is 3.85. The standard InChI is InChI=1S/C14H17FN2O4/c1-14(2)3-5-16(6-4-14)12-7-9(13(18)19)11(17(20)21)8-10(12)15/h7-8H,3-6H2,1-2H3,(H,18,19). The van der Waals surface area contributed by atoms with Crippen LogP contribution in [0.5, 0.6) is 0 Å². The van der Waals surface area contributed by atoms with Gasteiger partial charge in [-0.1, -0.05) is 13.8 Å². The highest BCUT2D eigenvalue weighted by Gasteiger charge is 2.29. The number of rotatable bonds is 3. The van der Waals surface area contributed by atoms with Gasteiger partial charge in [0.15, 0.2) is 5.82 Å². The second-order valence-electron chi connectivity index (χ2n) is 6.03. The van der Waals surface area contributed by atoms with Gasteiger partial charge in [-0.2, -0.15) is 0 Å². The Labute approximate surface area is 121 Å². The maximum absolute atomic E-state index is 14.1. The van der Waals surface area contributed by atoms with Crippen LogP contribution in [-0.2, 0) is 0 Å². The van der Waals surface area contributed by atoms with Gasteiger partial charge in [-0.05, 0) is 24.3 Å². The van der Waals surface area contributed by atoms with Crippen LogP contribution < -0.4 is 4.90 Å². The SMILES string of the molecule is CC1(C)CCN(c2cc(C(=O)O)c([N+](=O)[O-])cc2F)CC1. The molecule has 0 bridgehead atoms. The van der Waals surface area contributed by atoms with Gasteiger partial charge in [-0.15, -0.1) is 0 Å². The average Bonchev–Trinajstić information content (AvgIpc) is 2.38. The molecular weight excluding hydrogens is 279 g/mol. The quantitative estimate of drug-likeness (QED) is 0.684. The summed E-state index contributed by atoms with van der Waals surface area (Å²) in [7, 11) is 0. The fourth-order valence-corrected chi connectivity index (χ4v) is 2.47. The summed E-state index contributed by atoms with van der Waals surface area (Å²) in [5.41, 5.74) is -0.917. The van der Waals surface area contributed by atoms with E-state index in [1.807, 2.05) is 0 Å². The summed E-state index contributed by atoms with van der Waals surface area (Å²) >= 11 is 0. The molecule has 0 atom stereocenters. The van der Waals surface area contributed by atoms with Crippen molar-refractivity contribution in [3.05, 3.63) is 33.6 Å². The second-order valence-corrected chi connectivity index (χ2v) is 6.03. The van der Waals surface area contributed by atoms with E-state index in [-0.39, 0.29) is 11.1 Å². The third-order valence-electron chi connectivity index (χ3n) is 3.95. The van der Waals surface area contributed by atoms with E-state index in [1.165, 1.54) is 0 Å². The van der Waals surface area contributed by atoms with Gasteiger partial charge in [-0.3, -0.25) is 10.1 Å². The first kappa shape index (κ1) is 15.2. The van der Waals surface area contributed by atoms with Crippen molar-refractivity contribution in [2.75, 3.05) is 18.0 Å². The van der Waals surface area contributed by atoms with Crippen LogP contribution in [0.15, 0.2) is 12.1 Å². The van der Waals surface area contributed by atoms with Crippen molar-refractivity contribution in [2.45, 2.75) is 26.7 Å². The van der Waals surface area contributed by atoms with Crippen LogP contribution in [-0.4, -0.2) is 29.1 Å². The first-order valence-corrected chi connectivity index (χ1v) is 6.67. The van der Waals surface area contributed by atoms with Crippen molar-refractivity contribution in [3.8, 4) is 0 Å². The summed E-state index contributed by atoms with van der Waals surface area (Å²) in [5.74, 6) is -2.19. The number of carboxylic acids is 1. The van der Waals surface area contributed by atoms with Crippen molar-refractivity contribution < 1.29 is 19.2 Å². The molecule has 1 aliphatic rings. The number of halogens is 1. The fraction of sp³-hybridized carbons (Fsp3) is 0.500. The molecule has 1 aliphatic heterocycles. The van der Waals surface area contributed by atoms with Crippen LogP contribution in [0.1, 0.15) is 37.0 Å². The smallest absolute Gasteiger partial charge is 0.342 e. The molecular formula is C14H17FN2O4. The third-order valence-corrected chi connectivity index (χ3v) is 3.95. The van der Waals surface area contributed by atoms with Crippen LogP contribution in [0.4, 0.5) is 15.8 Å². The van der Waals surface area contributed by atoms with E-state index in [0.29, 0.717) is 19.2 Å². The monoisotopic (exact) mass is 296 g/mol. The number of hydrogen-bond acceptors (Lipinski definition) is 4. The number of anilines is 1. The van der Waals surface area contributed by atoms with Gasteiger partial charge >= 0.3 is 5.97 Å².